The van der Waals surface area contributed by atoms with Crippen molar-refractivity contribution < 1.29 is 4.79 Å². The Labute approximate surface area is 166 Å². The smallest absolute Gasteiger partial charge is 0.263 e. The van der Waals surface area contributed by atoms with Crippen molar-refractivity contribution in [3.05, 3.63) is 63.6 Å². The quantitative estimate of drug-likeness (QED) is 0.884. The molecule has 0 saturated heterocycles. The van der Waals surface area contributed by atoms with Crippen LogP contribution in [0.25, 0.3) is 0 Å². The number of carbonyl (C=O) groups is 1. The molecule has 1 atom stereocenters. The number of amides is 1. The molecular formula is C23H29N3O2. The van der Waals surface area contributed by atoms with E-state index in [1.54, 1.807) is 10.6 Å². The fraction of sp³-hybridized carbons (Fsp3) is 0.478. The Kier molecular flexibility index (Phi) is 5.25. The van der Waals surface area contributed by atoms with Crippen molar-refractivity contribution in [1.82, 2.24) is 9.88 Å². The van der Waals surface area contributed by atoms with Crippen molar-refractivity contribution in [3.63, 3.8) is 0 Å². The molecule has 4 rings (SSSR count). The van der Waals surface area contributed by atoms with Gasteiger partial charge in [-0.25, -0.2) is 0 Å². The van der Waals surface area contributed by atoms with Crippen LogP contribution in [0.15, 0.2) is 41.3 Å². The van der Waals surface area contributed by atoms with Gasteiger partial charge in [-0.05, 0) is 55.0 Å². The summed E-state index contributed by atoms with van der Waals surface area (Å²) < 4.78 is 1.75. The van der Waals surface area contributed by atoms with Crippen LogP contribution in [-0.2, 0) is 6.42 Å². The Bertz CT molecular complexity index is 926. The van der Waals surface area contributed by atoms with Gasteiger partial charge in [0.25, 0.3) is 11.5 Å². The van der Waals surface area contributed by atoms with E-state index in [0.717, 1.165) is 38.5 Å². The molecule has 0 aliphatic heterocycles. The van der Waals surface area contributed by atoms with Crippen LogP contribution in [0.1, 0.15) is 66.1 Å². The van der Waals surface area contributed by atoms with Crippen LogP contribution in [0.3, 0.4) is 0 Å². The number of anilines is 1. The molecule has 2 aliphatic rings. The van der Waals surface area contributed by atoms with E-state index in [0.29, 0.717) is 0 Å². The van der Waals surface area contributed by atoms with Crippen LogP contribution < -0.4 is 15.8 Å². The molecule has 148 valence electrons. The Morgan fingerprint density at radius 1 is 1.07 bits per heavy atom. The van der Waals surface area contributed by atoms with Gasteiger partial charge >= 0.3 is 0 Å². The predicted octanol–water partition coefficient (Wildman–Crippen LogP) is 3.51. The standard InChI is InChI=1S/C23H29N3O2/c1-25(2)20-12-6-10-17-18(20)13-14-21(17)26-15-7-11-19(23(26)28)22(27)24-16-8-4-3-5-9-16/h6-7,10-12,15-16,21H,3-5,8-9,13-14H2,1-2H3,(H,24,27). The molecular weight excluding hydrogens is 350 g/mol. The minimum Gasteiger partial charge on any atom is -0.377 e. The molecule has 2 aliphatic carbocycles. The number of fused-ring (bicyclic) bond motifs is 1. The van der Waals surface area contributed by atoms with Gasteiger partial charge in [0.1, 0.15) is 5.56 Å². The summed E-state index contributed by atoms with van der Waals surface area (Å²) in [6.07, 6.45) is 9.20. The number of pyridine rings is 1. The first-order valence-electron chi connectivity index (χ1n) is 10.4. The van der Waals surface area contributed by atoms with Crippen molar-refractivity contribution >= 4 is 11.6 Å². The highest BCUT2D eigenvalue weighted by atomic mass is 16.2. The van der Waals surface area contributed by atoms with Crippen molar-refractivity contribution in [2.24, 2.45) is 0 Å². The van der Waals surface area contributed by atoms with Crippen molar-refractivity contribution in [2.75, 3.05) is 19.0 Å². The van der Waals surface area contributed by atoms with Gasteiger partial charge < -0.3 is 14.8 Å². The van der Waals surface area contributed by atoms with Gasteiger partial charge in [0, 0.05) is 32.0 Å². The minimum atomic E-state index is -0.230. The number of hydrogen-bond acceptors (Lipinski definition) is 3. The Morgan fingerprint density at radius 2 is 1.86 bits per heavy atom. The van der Waals surface area contributed by atoms with Gasteiger partial charge in [-0.1, -0.05) is 31.4 Å². The third kappa shape index (κ3) is 3.46. The van der Waals surface area contributed by atoms with E-state index in [-0.39, 0.29) is 29.1 Å². The maximum Gasteiger partial charge on any atom is 0.263 e. The summed E-state index contributed by atoms with van der Waals surface area (Å²) in [6, 6.07) is 9.96. The van der Waals surface area contributed by atoms with Crippen LogP contribution in [0.4, 0.5) is 5.69 Å². The highest BCUT2D eigenvalue weighted by Crippen LogP contribution is 2.38. The zero-order valence-corrected chi connectivity index (χ0v) is 16.8. The lowest BCUT2D eigenvalue weighted by molar-refractivity contribution is 0.0925. The Hall–Kier alpha value is -2.56. The molecule has 5 heteroatoms. The molecule has 1 unspecified atom stereocenters. The summed E-state index contributed by atoms with van der Waals surface area (Å²) in [7, 11) is 4.09. The summed E-state index contributed by atoms with van der Waals surface area (Å²) in [5.41, 5.74) is 3.77. The lowest BCUT2D eigenvalue weighted by Crippen LogP contribution is -2.40. The zero-order valence-electron chi connectivity index (χ0n) is 16.8. The summed E-state index contributed by atoms with van der Waals surface area (Å²) >= 11 is 0. The number of rotatable bonds is 4. The van der Waals surface area contributed by atoms with Crippen molar-refractivity contribution in [1.29, 1.82) is 0 Å². The molecule has 1 heterocycles. The predicted molar refractivity (Wildman–Crippen MR) is 112 cm³/mol. The largest absolute Gasteiger partial charge is 0.377 e. The molecule has 1 N–H and O–H groups in total. The second-order valence-electron chi connectivity index (χ2n) is 8.24. The molecule has 1 aromatic heterocycles. The first-order valence-corrected chi connectivity index (χ1v) is 10.4. The van der Waals surface area contributed by atoms with E-state index in [4.69, 9.17) is 0 Å². The molecule has 5 nitrogen and oxygen atoms in total. The van der Waals surface area contributed by atoms with Gasteiger partial charge in [0.15, 0.2) is 0 Å². The summed E-state index contributed by atoms with van der Waals surface area (Å²) in [5.74, 6) is -0.230. The third-order valence-corrected chi connectivity index (χ3v) is 6.19. The van der Waals surface area contributed by atoms with E-state index < -0.39 is 0 Å². The second kappa shape index (κ2) is 7.82. The second-order valence-corrected chi connectivity index (χ2v) is 8.24. The summed E-state index contributed by atoms with van der Waals surface area (Å²) in [4.78, 5) is 28.0. The van der Waals surface area contributed by atoms with Gasteiger partial charge in [0.2, 0.25) is 0 Å². The zero-order chi connectivity index (χ0) is 19.7. The van der Waals surface area contributed by atoms with Crippen molar-refractivity contribution in [2.45, 2.75) is 57.0 Å². The van der Waals surface area contributed by atoms with E-state index in [9.17, 15) is 9.59 Å². The van der Waals surface area contributed by atoms with Crippen LogP contribution in [0, 0.1) is 0 Å². The van der Waals surface area contributed by atoms with Crippen LogP contribution in [-0.4, -0.2) is 30.6 Å². The van der Waals surface area contributed by atoms with Crippen LogP contribution in [0.5, 0.6) is 0 Å². The highest BCUT2D eigenvalue weighted by Gasteiger charge is 2.28. The third-order valence-electron chi connectivity index (χ3n) is 6.19. The molecule has 28 heavy (non-hydrogen) atoms. The molecule has 0 radical (unpaired) electrons. The number of benzene rings is 1. The first kappa shape index (κ1) is 18.8. The number of hydrogen-bond donors (Lipinski definition) is 1. The number of carbonyl (C=O) groups excluding carboxylic acids is 1. The summed E-state index contributed by atoms with van der Waals surface area (Å²) in [6.45, 7) is 0. The van der Waals surface area contributed by atoms with Crippen molar-refractivity contribution in [3.8, 4) is 0 Å². The fourth-order valence-electron chi connectivity index (χ4n) is 4.76. The van der Waals surface area contributed by atoms with E-state index in [1.165, 1.54) is 23.2 Å². The van der Waals surface area contributed by atoms with Gasteiger partial charge in [-0.2, -0.15) is 0 Å². The normalized spacial score (nSPS) is 19.3. The fourth-order valence-corrected chi connectivity index (χ4v) is 4.76. The first-order chi connectivity index (χ1) is 13.6. The van der Waals surface area contributed by atoms with Crippen LogP contribution in [0.2, 0.25) is 0 Å². The van der Waals surface area contributed by atoms with Gasteiger partial charge in [-0.15, -0.1) is 0 Å². The molecule has 1 amide bonds. The molecule has 0 spiro atoms. The lowest BCUT2D eigenvalue weighted by atomic mass is 9.95. The Balaban J connectivity index is 1.63. The topological polar surface area (TPSA) is 54.3 Å². The van der Waals surface area contributed by atoms with E-state index in [2.05, 4.69) is 28.4 Å². The lowest BCUT2D eigenvalue weighted by Gasteiger charge is -2.23. The van der Waals surface area contributed by atoms with Gasteiger partial charge in [-0.3, -0.25) is 9.59 Å². The number of nitrogens with zero attached hydrogens (tertiary/aromatic N) is 2. The SMILES string of the molecule is CN(C)c1cccc2c1CCC2n1cccc(C(=O)NC2CCCCC2)c1=O. The average molecular weight is 380 g/mol. The number of aromatic nitrogens is 1. The summed E-state index contributed by atoms with van der Waals surface area (Å²) in [5, 5.41) is 3.08. The Morgan fingerprint density at radius 3 is 2.61 bits per heavy atom. The molecule has 2 aromatic rings. The molecule has 1 aromatic carbocycles. The average Bonchev–Trinajstić information content (AvgIpc) is 3.12. The minimum absolute atomic E-state index is 0.00942. The van der Waals surface area contributed by atoms with Gasteiger partial charge in [0.05, 0.1) is 6.04 Å². The maximum atomic E-state index is 13.2. The number of nitrogens with one attached hydrogen (secondary N) is 1. The highest BCUT2D eigenvalue weighted by molar-refractivity contribution is 5.94. The van der Waals surface area contributed by atoms with E-state index in [1.807, 2.05) is 26.4 Å². The molecule has 1 fully saturated rings. The van der Waals surface area contributed by atoms with E-state index >= 15 is 0 Å². The monoisotopic (exact) mass is 379 g/mol. The molecule has 1 saturated carbocycles. The van der Waals surface area contributed by atoms with Crippen LogP contribution >= 0.6 is 0 Å². The molecule has 0 bridgehead atoms. The maximum absolute atomic E-state index is 13.2.